The highest BCUT2D eigenvalue weighted by molar-refractivity contribution is 14.0. The Labute approximate surface area is 187 Å². The second-order valence-electron chi connectivity index (χ2n) is 8.03. The van der Waals surface area contributed by atoms with E-state index >= 15 is 0 Å². The first-order chi connectivity index (χ1) is 13.1. The summed E-state index contributed by atoms with van der Waals surface area (Å²) in [6.45, 7) is 7.67. The molecule has 2 heterocycles. The molecule has 2 saturated heterocycles. The Morgan fingerprint density at radius 3 is 2.46 bits per heavy atom. The van der Waals surface area contributed by atoms with E-state index in [0.29, 0.717) is 12.1 Å². The average molecular weight is 500 g/mol. The highest BCUT2D eigenvalue weighted by Gasteiger charge is 2.23. The molecule has 1 unspecified atom stereocenters. The summed E-state index contributed by atoms with van der Waals surface area (Å²) in [7, 11) is 6.30. The summed E-state index contributed by atoms with van der Waals surface area (Å²) in [4.78, 5) is 11.9. The van der Waals surface area contributed by atoms with Gasteiger partial charge < -0.3 is 15.5 Å². The van der Waals surface area contributed by atoms with Gasteiger partial charge in [0.2, 0.25) is 0 Å². The molecule has 0 spiro atoms. The number of benzene rings is 1. The summed E-state index contributed by atoms with van der Waals surface area (Å²) in [6.07, 6.45) is 2.33. The fourth-order valence-corrected chi connectivity index (χ4v) is 4.00. The number of nitrogens with one attached hydrogen (secondary N) is 2. The van der Waals surface area contributed by atoms with Crippen molar-refractivity contribution in [3.8, 4) is 0 Å². The van der Waals surface area contributed by atoms with Crippen LogP contribution in [0, 0.1) is 0 Å². The molecule has 0 bridgehead atoms. The molecule has 0 saturated carbocycles. The van der Waals surface area contributed by atoms with Gasteiger partial charge in [0.15, 0.2) is 5.96 Å². The molecule has 0 radical (unpaired) electrons. The number of halogens is 1. The van der Waals surface area contributed by atoms with Gasteiger partial charge >= 0.3 is 0 Å². The van der Waals surface area contributed by atoms with Crippen molar-refractivity contribution >= 4 is 29.9 Å². The maximum atomic E-state index is 4.45. The molecule has 2 aliphatic rings. The van der Waals surface area contributed by atoms with Gasteiger partial charge in [0.05, 0.1) is 0 Å². The van der Waals surface area contributed by atoms with Crippen molar-refractivity contribution < 1.29 is 0 Å². The molecule has 158 valence electrons. The van der Waals surface area contributed by atoms with Gasteiger partial charge in [0.25, 0.3) is 0 Å². The van der Waals surface area contributed by atoms with Gasteiger partial charge in [-0.15, -0.1) is 24.0 Å². The number of likely N-dealkylation sites (N-methyl/N-ethyl adjacent to an activating group) is 2. The lowest BCUT2D eigenvalue weighted by atomic mass is 10.0. The van der Waals surface area contributed by atoms with Crippen molar-refractivity contribution in [1.82, 2.24) is 25.3 Å². The third-order valence-electron chi connectivity index (χ3n) is 5.89. The molecule has 2 N–H and O–H groups in total. The van der Waals surface area contributed by atoms with Gasteiger partial charge in [0.1, 0.15) is 0 Å². The van der Waals surface area contributed by atoms with Crippen LogP contribution in [0.25, 0.3) is 0 Å². The van der Waals surface area contributed by atoms with Crippen molar-refractivity contribution in [3.63, 3.8) is 0 Å². The Kier molecular flexibility index (Phi) is 9.98. The minimum atomic E-state index is 0. The van der Waals surface area contributed by atoms with Crippen LogP contribution in [0.5, 0.6) is 0 Å². The van der Waals surface area contributed by atoms with Crippen molar-refractivity contribution in [2.75, 3.05) is 60.4 Å². The fourth-order valence-electron chi connectivity index (χ4n) is 4.00. The van der Waals surface area contributed by atoms with E-state index in [9.17, 15) is 0 Å². The minimum Gasteiger partial charge on any atom is -0.355 e. The topological polar surface area (TPSA) is 46.1 Å². The lowest BCUT2D eigenvalue weighted by Gasteiger charge is -2.38. The maximum Gasteiger partial charge on any atom is 0.191 e. The molecule has 7 heteroatoms. The number of piperazine rings is 1. The number of piperidine rings is 1. The highest BCUT2D eigenvalue weighted by atomic mass is 127. The van der Waals surface area contributed by atoms with Gasteiger partial charge in [0, 0.05) is 64.9 Å². The summed E-state index contributed by atoms with van der Waals surface area (Å²) in [5.41, 5.74) is 1.41. The summed E-state index contributed by atoms with van der Waals surface area (Å²) in [6, 6.07) is 11.8. The minimum absolute atomic E-state index is 0. The van der Waals surface area contributed by atoms with Crippen molar-refractivity contribution in [2.45, 2.75) is 31.5 Å². The second-order valence-corrected chi connectivity index (χ2v) is 8.03. The van der Waals surface area contributed by atoms with Crippen LogP contribution in [0.15, 0.2) is 35.3 Å². The number of nitrogens with zero attached hydrogens (tertiary/aromatic N) is 4. The fraction of sp³-hybridized carbons (Fsp3) is 0.667. The number of aliphatic imine (C=N–C) groups is 1. The third-order valence-corrected chi connectivity index (χ3v) is 5.89. The number of hydrogen-bond acceptors (Lipinski definition) is 4. The lowest BCUT2D eigenvalue weighted by Crippen LogP contribution is -2.56. The van der Waals surface area contributed by atoms with Crippen molar-refractivity contribution in [2.24, 2.45) is 4.99 Å². The molecule has 1 atom stereocenters. The zero-order chi connectivity index (χ0) is 19.1. The van der Waals surface area contributed by atoms with Crippen LogP contribution in [-0.4, -0.2) is 93.2 Å². The standard InChI is InChI=1S/C21H36N6.HI/c1-22-21(23-15-20-17-25(2)13-14-26(20)3)24-19-9-11-27(12-10-19)16-18-7-5-4-6-8-18;/h4-8,19-20H,9-17H2,1-3H3,(H2,22,23,24);1H. The highest BCUT2D eigenvalue weighted by Crippen LogP contribution is 2.14. The molecule has 6 nitrogen and oxygen atoms in total. The van der Waals surface area contributed by atoms with E-state index in [0.717, 1.165) is 51.8 Å². The van der Waals surface area contributed by atoms with Crippen LogP contribution in [-0.2, 0) is 6.54 Å². The molecule has 1 aromatic carbocycles. The van der Waals surface area contributed by atoms with Gasteiger partial charge in [-0.1, -0.05) is 30.3 Å². The summed E-state index contributed by atoms with van der Waals surface area (Å²) in [5, 5.41) is 7.18. The molecule has 0 aromatic heterocycles. The average Bonchev–Trinajstić information content (AvgIpc) is 2.69. The smallest absolute Gasteiger partial charge is 0.191 e. The molecular weight excluding hydrogens is 463 g/mol. The van der Waals surface area contributed by atoms with E-state index < -0.39 is 0 Å². The van der Waals surface area contributed by atoms with E-state index in [2.05, 4.69) is 74.8 Å². The van der Waals surface area contributed by atoms with E-state index in [1.807, 2.05) is 7.05 Å². The SMILES string of the molecule is CN=C(NCC1CN(C)CCN1C)NC1CCN(Cc2ccccc2)CC1.I. The maximum absolute atomic E-state index is 4.45. The molecule has 28 heavy (non-hydrogen) atoms. The lowest BCUT2D eigenvalue weighted by molar-refractivity contribution is 0.116. The monoisotopic (exact) mass is 500 g/mol. The zero-order valence-corrected chi connectivity index (χ0v) is 19.9. The van der Waals surface area contributed by atoms with Gasteiger partial charge in [-0.25, -0.2) is 0 Å². The van der Waals surface area contributed by atoms with E-state index in [1.54, 1.807) is 0 Å². The summed E-state index contributed by atoms with van der Waals surface area (Å²) in [5.74, 6) is 0.943. The predicted octanol–water partition coefficient (Wildman–Crippen LogP) is 1.68. The van der Waals surface area contributed by atoms with E-state index in [1.165, 1.54) is 18.4 Å². The van der Waals surface area contributed by atoms with Crippen LogP contribution in [0.4, 0.5) is 0 Å². The number of hydrogen-bond donors (Lipinski definition) is 2. The van der Waals surface area contributed by atoms with Crippen LogP contribution >= 0.6 is 24.0 Å². The van der Waals surface area contributed by atoms with E-state index in [-0.39, 0.29) is 24.0 Å². The number of likely N-dealkylation sites (tertiary alicyclic amines) is 1. The zero-order valence-electron chi connectivity index (χ0n) is 17.6. The first kappa shape index (κ1) is 23.4. The molecular formula is C21H37IN6. The van der Waals surface area contributed by atoms with Gasteiger partial charge in [-0.05, 0) is 32.5 Å². The molecule has 2 aliphatic heterocycles. The Bertz CT molecular complexity index is 588. The van der Waals surface area contributed by atoms with Crippen LogP contribution < -0.4 is 10.6 Å². The van der Waals surface area contributed by atoms with E-state index in [4.69, 9.17) is 0 Å². The molecule has 2 fully saturated rings. The molecule has 3 rings (SSSR count). The summed E-state index contributed by atoms with van der Waals surface area (Å²) >= 11 is 0. The first-order valence-electron chi connectivity index (χ1n) is 10.3. The normalized spacial score (nSPS) is 23.2. The van der Waals surface area contributed by atoms with Crippen molar-refractivity contribution in [1.29, 1.82) is 0 Å². The Morgan fingerprint density at radius 1 is 1.07 bits per heavy atom. The molecule has 1 aromatic rings. The second kappa shape index (κ2) is 11.9. The molecule has 0 aliphatic carbocycles. The van der Waals surface area contributed by atoms with Gasteiger partial charge in [-0.3, -0.25) is 14.8 Å². The van der Waals surface area contributed by atoms with Crippen LogP contribution in [0.2, 0.25) is 0 Å². The largest absolute Gasteiger partial charge is 0.355 e. The Hall–Kier alpha value is -0.900. The molecule has 0 amide bonds. The number of guanidine groups is 1. The third kappa shape index (κ3) is 7.17. The van der Waals surface area contributed by atoms with Gasteiger partial charge in [-0.2, -0.15) is 0 Å². The Balaban J connectivity index is 0.00000280. The summed E-state index contributed by atoms with van der Waals surface area (Å²) < 4.78 is 0. The van der Waals surface area contributed by atoms with Crippen LogP contribution in [0.3, 0.4) is 0 Å². The first-order valence-corrected chi connectivity index (χ1v) is 10.3. The predicted molar refractivity (Wildman–Crippen MR) is 129 cm³/mol. The Morgan fingerprint density at radius 2 is 1.79 bits per heavy atom. The quantitative estimate of drug-likeness (QED) is 0.366. The van der Waals surface area contributed by atoms with Crippen molar-refractivity contribution in [3.05, 3.63) is 35.9 Å². The van der Waals surface area contributed by atoms with Crippen LogP contribution in [0.1, 0.15) is 18.4 Å². The number of rotatable bonds is 5.